The molecule has 0 spiro atoms. The Kier molecular flexibility index (Phi) is 5.54. The Hall–Kier alpha value is -2.44. The molecule has 0 radical (unpaired) electrons. The third-order valence-corrected chi connectivity index (χ3v) is 3.70. The molecule has 2 heterocycles. The van der Waals surface area contributed by atoms with Crippen LogP contribution >= 0.6 is 0 Å². The highest BCUT2D eigenvalue weighted by Gasteiger charge is 2.15. The summed E-state index contributed by atoms with van der Waals surface area (Å²) in [6, 6.07) is 1.88. The molecule has 7 nitrogen and oxygen atoms in total. The van der Waals surface area contributed by atoms with Crippen molar-refractivity contribution in [1.82, 2.24) is 25.2 Å². The minimum absolute atomic E-state index is 0.145. The second-order valence-corrected chi connectivity index (χ2v) is 6.55. The predicted molar refractivity (Wildman–Crippen MR) is 93.5 cm³/mol. The first kappa shape index (κ1) is 17.9. The van der Waals surface area contributed by atoms with Crippen LogP contribution in [0.5, 0.6) is 0 Å². The van der Waals surface area contributed by atoms with E-state index in [9.17, 15) is 4.79 Å². The van der Waals surface area contributed by atoms with Crippen LogP contribution in [0, 0.1) is 33.6 Å². The smallest absolute Gasteiger partial charge is 0.242 e. The first-order chi connectivity index (χ1) is 11.3. The second-order valence-electron chi connectivity index (χ2n) is 6.55. The summed E-state index contributed by atoms with van der Waals surface area (Å²) >= 11 is 0. The Morgan fingerprint density at radius 1 is 1.17 bits per heavy atom. The molecule has 2 N–H and O–H groups in total. The van der Waals surface area contributed by atoms with Crippen molar-refractivity contribution in [3.8, 4) is 0 Å². The highest BCUT2D eigenvalue weighted by molar-refractivity contribution is 5.80. The summed E-state index contributed by atoms with van der Waals surface area (Å²) in [5, 5.41) is 4.54. The summed E-state index contributed by atoms with van der Waals surface area (Å²) in [6.07, 6.45) is 0.271. The zero-order valence-electron chi connectivity index (χ0n) is 15.3. The quantitative estimate of drug-likeness (QED) is 0.794. The summed E-state index contributed by atoms with van der Waals surface area (Å²) in [5.41, 5.74) is 10.0. The minimum Gasteiger partial charge on any atom is -0.273 e. The third kappa shape index (κ3) is 4.53. The van der Waals surface area contributed by atoms with Crippen molar-refractivity contribution in [2.75, 3.05) is 5.43 Å². The van der Waals surface area contributed by atoms with Crippen molar-refractivity contribution >= 4 is 11.9 Å². The number of nitrogens with zero attached hydrogens (tertiary/aromatic N) is 4. The van der Waals surface area contributed by atoms with Gasteiger partial charge in [-0.3, -0.25) is 20.3 Å². The average Bonchev–Trinajstić information content (AvgIpc) is 2.71. The molecule has 0 unspecified atom stereocenters. The minimum atomic E-state index is -0.145. The lowest BCUT2D eigenvalue weighted by Gasteiger charge is -2.09. The van der Waals surface area contributed by atoms with Crippen LogP contribution in [0.3, 0.4) is 0 Å². The molecular weight excluding hydrogens is 304 g/mol. The maximum absolute atomic E-state index is 12.2. The van der Waals surface area contributed by atoms with Gasteiger partial charge >= 0.3 is 0 Å². The molecular formula is C17H26N6O. The van der Waals surface area contributed by atoms with E-state index in [-0.39, 0.29) is 12.3 Å². The van der Waals surface area contributed by atoms with E-state index in [0.717, 1.165) is 34.9 Å². The summed E-state index contributed by atoms with van der Waals surface area (Å²) < 4.78 is 1.98. The number of anilines is 1. The van der Waals surface area contributed by atoms with E-state index in [1.165, 1.54) is 0 Å². The van der Waals surface area contributed by atoms with Crippen molar-refractivity contribution in [1.29, 1.82) is 0 Å². The van der Waals surface area contributed by atoms with Crippen LogP contribution in [-0.2, 0) is 17.8 Å². The van der Waals surface area contributed by atoms with Gasteiger partial charge in [-0.15, -0.1) is 0 Å². The van der Waals surface area contributed by atoms with Crippen molar-refractivity contribution in [2.24, 2.45) is 5.92 Å². The van der Waals surface area contributed by atoms with E-state index in [1.54, 1.807) is 0 Å². The number of nitrogens with one attached hydrogen (secondary N) is 2. The molecule has 0 aromatic carbocycles. The van der Waals surface area contributed by atoms with Gasteiger partial charge in [0.05, 0.1) is 12.1 Å². The van der Waals surface area contributed by atoms with Crippen LogP contribution in [0.25, 0.3) is 0 Å². The molecule has 0 bridgehead atoms. The predicted octanol–water partition coefficient (Wildman–Crippen LogP) is 2.25. The third-order valence-electron chi connectivity index (χ3n) is 3.70. The molecule has 7 heteroatoms. The molecule has 0 saturated carbocycles. The molecule has 1 amide bonds. The van der Waals surface area contributed by atoms with E-state index in [4.69, 9.17) is 0 Å². The van der Waals surface area contributed by atoms with E-state index in [1.807, 2.05) is 38.4 Å². The lowest BCUT2D eigenvalue weighted by Crippen LogP contribution is -2.32. The van der Waals surface area contributed by atoms with Crippen LogP contribution in [0.4, 0.5) is 5.95 Å². The summed E-state index contributed by atoms with van der Waals surface area (Å²) in [5.74, 6) is 0.755. The molecule has 2 aromatic rings. The fourth-order valence-electron chi connectivity index (χ4n) is 2.63. The monoisotopic (exact) mass is 330 g/mol. The number of rotatable bonds is 6. The fraction of sp³-hybridized carbons (Fsp3) is 0.529. The lowest BCUT2D eigenvalue weighted by molar-refractivity contribution is -0.120. The highest BCUT2D eigenvalue weighted by Crippen LogP contribution is 2.15. The number of amides is 1. The summed E-state index contributed by atoms with van der Waals surface area (Å²) in [6.45, 7) is 12.9. The largest absolute Gasteiger partial charge is 0.273 e. The molecule has 2 aromatic heterocycles. The van der Waals surface area contributed by atoms with E-state index >= 15 is 0 Å². The Labute approximate surface area is 142 Å². The molecule has 24 heavy (non-hydrogen) atoms. The fourth-order valence-corrected chi connectivity index (χ4v) is 2.63. The average molecular weight is 330 g/mol. The molecule has 2 rings (SSSR count). The number of hydrazine groups is 1. The van der Waals surface area contributed by atoms with Gasteiger partial charge < -0.3 is 0 Å². The van der Waals surface area contributed by atoms with Gasteiger partial charge in [-0.05, 0) is 39.7 Å². The Morgan fingerprint density at radius 3 is 2.38 bits per heavy atom. The standard InChI is InChI=1S/C17H26N6O/c1-10(2)9-23-14(6)15(13(5)22-23)8-16(24)20-21-17-18-11(3)7-12(4)19-17/h7,10H,8-9H2,1-6H3,(H,20,24)(H,18,19,21). The number of aromatic nitrogens is 4. The van der Waals surface area contributed by atoms with Crippen LogP contribution in [-0.4, -0.2) is 25.7 Å². The molecule has 0 fully saturated rings. The zero-order valence-corrected chi connectivity index (χ0v) is 15.3. The first-order valence-electron chi connectivity index (χ1n) is 8.16. The molecule has 0 aliphatic rings. The van der Waals surface area contributed by atoms with Crippen LogP contribution in [0.1, 0.15) is 42.2 Å². The normalized spacial score (nSPS) is 11.0. The molecule has 0 atom stereocenters. The number of carbonyl (C=O) groups excluding carboxylic acids is 1. The van der Waals surface area contributed by atoms with Gasteiger partial charge in [0, 0.05) is 29.2 Å². The maximum atomic E-state index is 12.2. The van der Waals surface area contributed by atoms with Gasteiger partial charge in [0.2, 0.25) is 11.9 Å². The van der Waals surface area contributed by atoms with Gasteiger partial charge in [0.25, 0.3) is 0 Å². The zero-order chi connectivity index (χ0) is 17.9. The van der Waals surface area contributed by atoms with E-state index in [0.29, 0.717) is 11.9 Å². The summed E-state index contributed by atoms with van der Waals surface area (Å²) in [7, 11) is 0. The van der Waals surface area contributed by atoms with Gasteiger partial charge in [0.1, 0.15) is 0 Å². The van der Waals surface area contributed by atoms with Crippen molar-refractivity contribution in [3.63, 3.8) is 0 Å². The molecule has 0 aliphatic carbocycles. The van der Waals surface area contributed by atoms with Crippen molar-refractivity contribution in [2.45, 2.75) is 54.5 Å². The summed E-state index contributed by atoms with van der Waals surface area (Å²) in [4.78, 5) is 20.7. The lowest BCUT2D eigenvalue weighted by atomic mass is 10.1. The van der Waals surface area contributed by atoms with Gasteiger partial charge in [-0.2, -0.15) is 5.10 Å². The molecule has 0 saturated heterocycles. The van der Waals surface area contributed by atoms with E-state index in [2.05, 4.69) is 39.8 Å². The first-order valence-corrected chi connectivity index (χ1v) is 8.16. The molecule has 130 valence electrons. The molecule has 0 aliphatic heterocycles. The van der Waals surface area contributed by atoms with Crippen LogP contribution in [0.15, 0.2) is 6.07 Å². The highest BCUT2D eigenvalue weighted by atomic mass is 16.2. The Bertz CT molecular complexity index is 715. The van der Waals surface area contributed by atoms with Crippen molar-refractivity contribution in [3.05, 3.63) is 34.4 Å². The number of aryl methyl sites for hydroxylation is 3. The Morgan fingerprint density at radius 2 is 1.79 bits per heavy atom. The Balaban J connectivity index is 2.01. The number of hydrogen-bond donors (Lipinski definition) is 2. The van der Waals surface area contributed by atoms with Gasteiger partial charge in [-0.1, -0.05) is 13.8 Å². The van der Waals surface area contributed by atoms with Crippen molar-refractivity contribution < 1.29 is 4.79 Å². The van der Waals surface area contributed by atoms with Gasteiger partial charge in [-0.25, -0.2) is 9.97 Å². The topological polar surface area (TPSA) is 84.7 Å². The second kappa shape index (κ2) is 7.42. The van der Waals surface area contributed by atoms with Crippen LogP contribution in [0.2, 0.25) is 0 Å². The SMILES string of the molecule is Cc1cc(C)nc(NNC(=O)Cc2c(C)nn(CC(C)C)c2C)n1. The van der Waals surface area contributed by atoms with E-state index < -0.39 is 0 Å². The number of hydrogen-bond acceptors (Lipinski definition) is 5. The maximum Gasteiger partial charge on any atom is 0.242 e. The number of carbonyl (C=O) groups is 1. The van der Waals surface area contributed by atoms with Crippen LogP contribution < -0.4 is 10.9 Å². The van der Waals surface area contributed by atoms with Gasteiger partial charge in [0.15, 0.2) is 0 Å².